The Balaban J connectivity index is 1.26. The molecule has 2 atom stereocenters. The maximum atomic E-state index is 12.1. The van der Waals surface area contributed by atoms with Crippen LogP contribution < -0.4 is 9.47 Å². The third-order valence-corrected chi connectivity index (χ3v) is 6.85. The summed E-state index contributed by atoms with van der Waals surface area (Å²) >= 11 is 0. The monoisotopic (exact) mass is 504 g/mol. The van der Waals surface area contributed by atoms with Crippen molar-refractivity contribution in [2.75, 3.05) is 13.2 Å². The molecule has 0 saturated heterocycles. The number of esters is 2. The fraction of sp³-hybridized carbons (Fsp3) is 0.419. The Hall–Kier alpha value is -3.54. The molecule has 4 rings (SSSR count). The van der Waals surface area contributed by atoms with E-state index in [-0.39, 0.29) is 42.8 Å². The van der Waals surface area contributed by atoms with Gasteiger partial charge in [0.1, 0.15) is 23.7 Å². The molecule has 0 amide bonds. The van der Waals surface area contributed by atoms with E-state index in [9.17, 15) is 9.59 Å². The summed E-state index contributed by atoms with van der Waals surface area (Å²) in [5, 5.41) is 0. The van der Waals surface area contributed by atoms with E-state index in [1.54, 1.807) is 0 Å². The second-order valence-electron chi connectivity index (χ2n) is 10.0. The van der Waals surface area contributed by atoms with Crippen molar-refractivity contribution in [1.82, 2.24) is 0 Å². The van der Waals surface area contributed by atoms with Crippen molar-refractivity contribution in [2.45, 2.75) is 70.0 Å². The third-order valence-electron chi connectivity index (χ3n) is 6.85. The normalized spacial score (nSPS) is 19.2. The maximum Gasteiger partial charge on any atom is 0.344 e. The van der Waals surface area contributed by atoms with Crippen molar-refractivity contribution >= 4 is 11.9 Å². The van der Waals surface area contributed by atoms with Gasteiger partial charge in [-0.2, -0.15) is 0 Å². The molecule has 2 aliphatic rings. The summed E-state index contributed by atoms with van der Waals surface area (Å²) in [6.45, 7) is 4.06. The zero-order valence-corrected chi connectivity index (χ0v) is 21.7. The SMILES string of the molecule is CC(C)(c1ccc(OCC(=O)OC2C=CCCC2)cc1)c1ccc(OCC(=O)OC2C=CCCC2)cc1. The molecule has 6 nitrogen and oxygen atoms in total. The van der Waals surface area contributed by atoms with Gasteiger partial charge < -0.3 is 18.9 Å². The summed E-state index contributed by atoms with van der Waals surface area (Å²) in [6, 6.07) is 15.5. The summed E-state index contributed by atoms with van der Waals surface area (Å²) in [4.78, 5) is 24.2. The molecule has 2 unspecified atom stereocenters. The largest absolute Gasteiger partial charge is 0.482 e. The number of benzene rings is 2. The van der Waals surface area contributed by atoms with Crippen LogP contribution in [-0.2, 0) is 24.5 Å². The van der Waals surface area contributed by atoms with Crippen LogP contribution >= 0.6 is 0 Å². The number of carbonyl (C=O) groups excluding carboxylic acids is 2. The Kier molecular flexibility index (Phi) is 9.04. The zero-order chi connectivity index (χ0) is 26.1. The maximum absolute atomic E-state index is 12.1. The van der Waals surface area contributed by atoms with Crippen molar-refractivity contribution in [3.05, 3.63) is 84.0 Å². The van der Waals surface area contributed by atoms with Crippen molar-refractivity contribution in [2.24, 2.45) is 0 Å². The summed E-state index contributed by atoms with van der Waals surface area (Å²) in [6.07, 6.45) is 13.6. The van der Waals surface area contributed by atoms with Gasteiger partial charge in [0.15, 0.2) is 13.2 Å². The predicted molar refractivity (Wildman–Crippen MR) is 142 cm³/mol. The average molecular weight is 505 g/mol. The Labute approximate surface area is 219 Å². The fourth-order valence-electron chi connectivity index (χ4n) is 4.55. The lowest BCUT2D eigenvalue weighted by Gasteiger charge is -2.26. The highest BCUT2D eigenvalue weighted by molar-refractivity contribution is 5.72. The van der Waals surface area contributed by atoms with Crippen LogP contribution in [0.2, 0.25) is 0 Å². The molecule has 2 aliphatic carbocycles. The molecule has 0 aliphatic heterocycles. The first-order valence-electron chi connectivity index (χ1n) is 13.1. The molecule has 0 saturated carbocycles. The van der Waals surface area contributed by atoms with Crippen molar-refractivity contribution < 1.29 is 28.5 Å². The number of hydrogen-bond donors (Lipinski definition) is 0. The van der Waals surface area contributed by atoms with E-state index in [4.69, 9.17) is 18.9 Å². The van der Waals surface area contributed by atoms with Gasteiger partial charge >= 0.3 is 11.9 Å². The molecule has 2 aromatic rings. The van der Waals surface area contributed by atoms with E-state index in [1.165, 1.54) is 0 Å². The molecular weight excluding hydrogens is 468 g/mol. The van der Waals surface area contributed by atoms with Gasteiger partial charge in [-0.25, -0.2) is 9.59 Å². The lowest BCUT2D eigenvalue weighted by atomic mass is 9.78. The Morgan fingerprint density at radius 1 is 0.703 bits per heavy atom. The number of hydrogen-bond acceptors (Lipinski definition) is 6. The summed E-state index contributed by atoms with van der Waals surface area (Å²) in [5.74, 6) is 0.523. The highest BCUT2D eigenvalue weighted by Gasteiger charge is 2.23. The van der Waals surface area contributed by atoms with Crippen LogP contribution in [0, 0.1) is 0 Å². The zero-order valence-electron chi connectivity index (χ0n) is 21.7. The molecule has 0 spiro atoms. The van der Waals surface area contributed by atoms with Crippen molar-refractivity contribution in [3.63, 3.8) is 0 Å². The van der Waals surface area contributed by atoms with Crippen LogP contribution in [0.15, 0.2) is 72.8 Å². The standard InChI is InChI=1S/C31H36O6/c1-31(2,23-13-17-25(18-14-23)34-21-29(32)36-27-9-5-3-6-10-27)24-15-19-26(20-16-24)35-22-30(33)37-28-11-7-4-8-12-28/h5,7,9,11,13-20,27-28H,3-4,6,8,10,12,21-22H2,1-2H3. The lowest BCUT2D eigenvalue weighted by molar-refractivity contribution is -0.150. The fourth-order valence-corrected chi connectivity index (χ4v) is 4.55. The van der Waals surface area contributed by atoms with Crippen LogP contribution in [0.4, 0.5) is 0 Å². The first-order valence-corrected chi connectivity index (χ1v) is 13.1. The lowest BCUT2D eigenvalue weighted by Crippen LogP contribution is -2.23. The van der Waals surface area contributed by atoms with Gasteiger partial charge in [0.25, 0.3) is 0 Å². The topological polar surface area (TPSA) is 71.1 Å². The van der Waals surface area contributed by atoms with Gasteiger partial charge in [0.2, 0.25) is 0 Å². The van der Waals surface area contributed by atoms with Gasteiger partial charge in [-0.15, -0.1) is 0 Å². The predicted octanol–water partition coefficient (Wildman–Crippen LogP) is 6.07. The van der Waals surface area contributed by atoms with Gasteiger partial charge in [-0.3, -0.25) is 0 Å². The Bertz CT molecular complexity index is 1010. The highest BCUT2D eigenvalue weighted by atomic mass is 16.6. The number of rotatable bonds is 10. The quantitative estimate of drug-likeness (QED) is 0.289. The summed E-state index contributed by atoms with van der Waals surface area (Å²) in [7, 11) is 0. The Morgan fingerprint density at radius 3 is 1.46 bits per heavy atom. The molecule has 196 valence electrons. The van der Waals surface area contributed by atoms with Crippen LogP contribution in [0.3, 0.4) is 0 Å². The molecule has 37 heavy (non-hydrogen) atoms. The minimum Gasteiger partial charge on any atom is -0.482 e. The highest BCUT2D eigenvalue weighted by Crippen LogP contribution is 2.33. The number of ether oxygens (including phenoxy) is 4. The van der Waals surface area contributed by atoms with Gasteiger partial charge in [0, 0.05) is 5.41 Å². The van der Waals surface area contributed by atoms with E-state index in [2.05, 4.69) is 26.0 Å². The first-order chi connectivity index (χ1) is 17.9. The van der Waals surface area contributed by atoms with Crippen molar-refractivity contribution in [1.29, 1.82) is 0 Å². The third kappa shape index (κ3) is 7.72. The van der Waals surface area contributed by atoms with Crippen LogP contribution in [-0.4, -0.2) is 37.4 Å². The molecule has 0 fully saturated rings. The molecule has 0 radical (unpaired) electrons. The van der Waals surface area contributed by atoms with E-state index < -0.39 is 0 Å². The average Bonchev–Trinajstić information content (AvgIpc) is 2.92. The van der Waals surface area contributed by atoms with Crippen molar-refractivity contribution in [3.8, 4) is 11.5 Å². The van der Waals surface area contributed by atoms with Crippen LogP contribution in [0.25, 0.3) is 0 Å². The van der Waals surface area contributed by atoms with Crippen LogP contribution in [0.5, 0.6) is 11.5 Å². The molecule has 0 bridgehead atoms. The molecule has 6 heteroatoms. The smallest absolute Gasteiger partial charge is 0.344 e. The van der Waals surface area contributed by atoms with Gasteiger partial charge in [-0.05, 0) is 86.1 Å². The van der Waals surface area contributed by atoms with E-state index in [0.717, 1.165) is 49.7 Å². The molecular formula is C31H36O6. The molecule has 0 aromatic heterocycles. The van der Waals surface area contributed by atoms with Gasteiger partial charge in [-0.1, -0.05) is 50.3 Å². The summed E-state index contributed by atoms with van der Waals surface area (Å²) in [5.41, 5.74) is 1.94. The van der Waals surface area contributed by atoms with E-state index >= 15 is 0 Å². The minimum atomic E-state index is -0.359. The van der Waals surface area contributed by atoms with E-state index in [1.807, 2.05) is 60.7 Å². The summed E-state index contributed by atoms with van der Waals surface area (Å²) < 4.78 is 22.1. The van der Waals surface area contributed by atoms with Gasteiger partial charge in [0.05, 0.1) is 0 Å². The molecule has 0 heterocycles. The second-order valence-corrected chi connectivity index (χ2v) is 10.0. The number of allylic oxidation sites excluding steroid dienone is 2. The minimum absolute atomic E-state index is 0.112. The molecule has 2 aromatic carbocycles. The van der Waals surface area contributed by atoms with Crippen LogP contribution in [0.1, 0.15) is 63.5 Å². The molecule has 0 N–H and O–H groups in total. The first kappa shape index (κ1) is 26.5. The number of carbonyl (C=O) groups is 2. The van der Waals surface area contributed by atoms with E-state index in [0.29, 0.717) is 11.5 Å². The second kappa shape index (κ2) is 12.6. The Morgan fingerprint density at radius 2 is 1.11 bits per heavy atom.